The largest absolute Gasteiger partial charge is 0.463 e. The van der Waals surface area contributed by atoms with Crippen molar-refractivity contribution in [2.24, 2.45) is 0 Å². The van der Waals surface area contributed by atoms with Gasteiger partial charge in [0.05, 0.1) is 17.9 Å². The molecule has 0 atom stereocenters. The van der Waals surface area contributed by atoms with Crippen LogP contribution in [0.5, 0.6) is 0 Å². The predicted octanol–water partition coefficient (Wildman–Crippen LogP) is 2.66. The van der Waals surface area contributed by atoms with Gasteiger partial charge in [0.2, 0.25) is 0 Å². The van der Waals surface area contributed by atoms with E-state index in [1.807, 2.05) is 23.1 Å². The number of hydrogen-bond acceptors (Lipinski definition) is 5. The predicted molar refractivity (Wildman–Crippen MR) is 93.3 cm³/mol. The second kappa shape index (κ2) is 6.29. The van der Waals surface area contributed by atoms with Crippen LogP contribution >= 0.6 is 0 Å². The Balaban J connectivity index is 1.49. The van der Waals surface area contributed by atoms with Gasteiger partial charge in [-0.1, -0.05) is 6.07 Å². The van der Waals surface area contributed by atoms with Crippen molar-refractivity contribution in [3.63, 3.8) is 0 Å². The molecule has 1 amide bonds. The first-order valence-electron chi connectivity index (χ1n) is 8.12. The standard InChI is InChI=1S/C19H16N4O2/c20-11-14-2-1-3-16(10-14)22-5-7-23(8-6-22)19(24)17-13-21-12-15-4-9-25-18(15)17/h1-4,9-10,12-13H,5-8H2. The molecule has 1 saturated heterocycles. The summed E-state index contributed by atoms with van der Waals surface area (Å²) in [5.41, 5.74) is 2.75. The number of furan rings is 1. The van der Waals surface area contributed by atoms with Gasteiger partial charge >= 0.3 is 0 Å². The highest BCUT2D eigenvalue weighted by molar-refractivity contribution is 6.04. The van der Waals surface area contributed by atoms with E-state index in [1.54, 1.807) is 30.8 Å². The van der Waals surface area contributed by atoms with Crippen LogP contribution in [-0.2, 0) is 0 Å². The lowest BCUT2D eigenvalue weighted by Gasteiger charge is -2.36. The molecule has 6 nitrogen and oxygen atoms in total. The molecule has 4 rings (SSSR count). The maximum atomic E-state index is 12.8. The Bertz CT molecular complexity index is 965. The summed E-state index contributed by atoms with van der Waals surface area (Å²) in [4.78, 5) is 21.0. The van der Waals surface area contributed by atoms with Crippen molar-refractivity contribution in [2.75, 3.05) is 31.1 Å². The molecule has 1 fully saturated rings. The molecule has 0 N–H and O–H groups in total. The molecule has 0 radical (unpaired) electrons. The van der Waals surface area contributed by atoms with E-state index in [-0.39, 0.29) is 5.91 Å². The second-order valence-corrected chi connectivity index (χ2v) is 5.97. The molecule has 1 aliphatic heterocycles. The molecular weight excluding hydrogens is 316 g/mol. The molecule has 6 heteroatoms. The van der Waals surface area contributed by atoms with Gasteiger partial charge in [0, 0.05) is 49.6 Å². The summed E-state index contributed by atoms with van der Waals surface area (Å²) in [5.74, 6) is -0.0570. The Morgan fingerprint density at radius 2 is 2.00 bits per heavy atom. The Hall–Kier alpha value is -3.33. The Morgan fingerprint density at radius 3 is 2.80 bits per heavy atom. The quantitative estimate of drug-likeness (QED) is 0.721. The maximum absolute atomic E-state index is 12.8. The van der Waals surface area contributed by atoms with Gasteiger partial charge in [0.25, 0.3) is 5.91 Å². The monoisotopic (exact) mass is 332 g/mol. The van der Waals surface area contributed by atoms with Crippen molar-refractivity contribution in [3.05, 3.63) is 60.1 Å². The topological polar surface area (TPSA) is 73.4 Å². The summed E-state index contributed by atoms with van der Waals surface area (Å²) in [6.45, 7) is 2.68. The Morgan fingerprint density at radius 1 is 1.16 bits per heavy atom. The lowest BCUT2D eigenvalue weighted by molar-refractivity contribution is 0.0747. The van der Waals surface area contributed by atoms with Crippen LogP contribution < -0.4 is 4.90 Å². The SMILES string of the molecule is N#Cc1cccc(N2CCN(C(=O)c3cncc4ccoc34)CC2)c1. The van der Waals surface area contributed by atoms with Crippen LogP contribution in [0.4, 0.5) is 5.69 Å². The van der Waals surface area contributed by atoms with Crippen LogP contribution in [0, 0.1) is 11.3 Å². The number of aromatic nitrogens is 1. The highest BCUT2D eigenvalue weighted by Crippen LogP contribution is 2.22. The van der Waals surface area contributed by atoms with Crippen LogP contribution in [0.25, 0.3) is 11.0 Å². The van der Waals surface area contributed by atoms with Crippen molar-refractivity contribution >= 4 is 22.6 Å². The number of nitriles is 1. The molecule has 2 aromatic heterocycles. The number of carbonyl (C=O) groups excluding carboxylic acids is 1. The minimum atomic E-state index is -0.0570. The molecular formula is C19H16N4O2. The van der Waals surface area contributed by atoms with Crippen molar-refractivity contribution in [2.45, 2.75) is 0 Å². The van der Waals surface area contributed by atoms with Crippen LogP contribution in [-0.4, -0.2) is 42.0 Å². The molecule has 124 valence electrons. The van der Waals surface area contributed by atoms with Crippen LogP contribution in [0.15, 0.2) is 53.4 Å². The summed E-state index contributed by atoms with van der Waals surface area (Å²) in [6.07, 6.45) is 4.83. The molecule has 0 saturated carbocycles. The zero-order valence-corrected chi connectivity index (χ0v) is 13.6. The number of nitrogens with zero attached hydrogens (tertiary/aromatic N) is 4. The van der Waals surface area contributed by atoms with E-state index in [4.69, 9.17) is 9.68 Å². The summed E-state index contributed by atoms with van der Waals surface area (Å²) in [7, 11) is 0. The van der Waals surface area contributed by atoms with Crippen LogP contribution in [0.2, 0.25) is 0 Å². The molecule has 3 heterocycles. The first-order valence-corrected chi connectivity index (χ1v) is 8.12. The number of carbonyl (C=O) groups is 1. The van der Waals surface area contributed by atoms with E-state index in [0.29, 0.717) is 29.8 Å². The second-order valence-electron chi connectivity index (χ2n) is 5.97. The van der Waals surface area contributed by atoms with Crippen molar-refractivity contribution in [1.82, 2.24) is 9.88 Å². The number of hydrogen-bond donors (Lipinski definition) is 0. The van der Waals surface area contributed by atoms with Gasteiger partial charge in [-0.05, 0) is 24.3 Å². The molecule has 0 bridgehead atoms. The Labute approximate surface area is 144 Å². The van der Waals surface area contributed by atoms with Gasteiger partial charge in [-0.2, -0.15) is 5.26 Å². The fourth-order valence-electron chi connectivity index (χ4n) is 3.15. The molecule has 0 unspecified atom stereocenters. The average molecular weight is 332 g/mol. The van der Waals surface area contributed by atoms with Crippen molar-refractivity contribution in [3.8, 4) is 6.07 Å². The van der Waals surface area contributed by atoms with Crippen LogP contribution in [0.1, 0.15) is 15.9 Å². The number of amides is 1. The number of rotatable bonds is 2. The summed E-state index contributed by atoms with van der Waals surface area (Å²) in [5, 5.41) is 9.87. The zero-order chi connectivity index (χ0) is 17.2. The van der Waals surface area contributed by atoms with Crippen LogP contribution in [0.3, 0.4) is 0 Å². The fourth-order valence-corrected chi connectivity index (χ4v) is 3.15. The minimum absolute atomic E-state index is 0.0570. The normalized spacial score (nSPS) is 14.5. The molecule has 1 aromatic carbocycles. The summed E-state index contributed by atoms with van der Waals surface area (Å²) in [6, 6.07) is 11.5. The Kier molecular flexibility index (Phi) is 3.82. The fraction of sp³-hybridized carbons (Fsp3) is 0.211. The van der Waals surface area contributed by atoms with E-state index in [2.05, 4.69) is 16.0 Å². The van der Waals surface area contributed by atoms with E-state index < -0.39 is 0 Å². The van der Waals surface area contributed by atoms with Crippen molar-refractivity contribution in [1.29, 1.82) is 5.26 Å². The first-order chi connectivity index (χ1) is 12.3. The van der Waals surface area contributed by atoms with Gasteiger partial charge < -0.3 is 14.2 Å². The minimum Gasteiger partial charge on any atom is -0.463 e. The smallest absolute Gasteiger partial charge is 0.259 e. The number of fused-ring (bicyclic) bond motifs is 1. The van der Waals surface area contributed by atoms with Gasteiger partial charge in [-0.15, -0.1) is 0 Å². The van der Waals surface area contributed by atoms with Crippen molar-refractivity contribution < 1.29 is 9.21 Å². The highest BCUT2D eigenvalue weighted by Gasteiger charge is 2.24. The molecule has 3 aromatic rings. The van der Waals surface area contributed by atoms with Gasteiger partial charge in [0.1, 0.15) is 11.1 Å². The number of benzene rings is 1. The summed E-state index contributed by atoms with van der Waals surface area (Å²) < 4.78 is 5.45. The van der Waals surface area contributed by atoms with Gasteiger partial charge in [-0.3, -0.25) is 9.78 Å². The highest BCUT2D eigenvalue weighted by atomic mass is 16.3. The third-order valence-corrected chi connectivity index (χ3v) is 4.50. The van der Waals surface area contributed by atoms with Gasteiger partial charge in [-0.25, -0.2) is 0 Å². The number of pyridine rings is 1. The lowest BCUT2D eigenvalue weighted by atomic mass is 10.1. The number of piperazine rings is 1. The number of anilines is 1. The van der Waals surface area contributed by atoms with E-state index in [1.165, 1.54) is 0 Å². The lowest BCUT2D eigenvalue weighted by Crippen LogP contribution is -2.48. The van der Waals surface area contributed by atoms with E-state index >= 15 is 0 Å². The molecule has 0 spiro atoms. The first kappa shape index (κ1) is 15.2. The molecule has 1 aliphatic rings. The van der Waals surface area contributed by atoms with E-state index in [9.17, 15) is 4.79 Å². The third kappa shape index (κ3) is 2.81. The van der Waals surface area contributed by atoms with Gasteiger partial charge in [0.15, 0.2) is 0 Å². The summed E-state index contributed by atoms with van der Waals surface area (Å²) >= 11 is 0. The zero-order valence-electron chi connectivity index (χ0n) is 13.6. The van der Waals surface area contributed by atoms with E-state index in [0.717, 1.165) is 24.2 Å². The average Bonchev–Trinajstić information content (AvgIpc) is 3.16. The maximum Gasteiger partial charge on any atom is 0.259 e. The third-order valence-electron chi connectivity index (χ3n) is 4.50. The molecule has 25 heavy (non-hydrogen) atoms. The molecule has 0 aliphatic carbocycles.